The van der Waals surface area contributed by atoms with E-state index in [0.29, 0.717) is 11.3 Å². The molecule has 2 aromatic carbocycles. The monoisotopic (exact) mass is 345 g/mol. The molecule has 0 fully saturated rings. The molecule has 0 saturated heterocycles. The molecule has 3 N–H and O–H groups in total. The van der Waals surface area contributed by atoms with Gasteiger partial charge in [0.2, 0.25) is 0 Å². The fourth-order valence-corrected chi connectivity index (χ4v) is 2.12. The predicted octanol–water partition coefficient (Wildman–Crippen LogP) is 2.32. The summed E-state index contributed by atoms with van der Waals surface area (Å²) in [6, 6.07) is 11.9. The van der Waals surface area contributed by atoms with Crippen molar-refractivity contribution < 1.29 is 29.3 Å². The number of carboxylic acids is 1. The maximum absolute atomic E-state index is 11.8. The Labute approximate surface area is 144 Å². The number of rotatable bonds is 7. The number of benzene rings is 2. The number of nitrogens with one attached hydrogen (secondary N) is 1. The van der Waals surface area contributed by atoms with Gasteiger partial charge >= 0.3 is 12.1 Å². The van der Waals surface area contributed by atoms with Crippen molar-refractivity contribution in [3.8, 4) is 11.5 Å². The van der Waals surface area contributed by atoms with Gasteiger partial charge in [-0.05, 0) is 35.4 Å². The van der Waals surface area contributed by atoms with Gasteiger partial charge < -0.3 is 25.0 Å². The maximum Gasteiger partial charge on any atom is 0.408 e. The van der Waals surface area contributed by atoms with E-state index in [-0.39, 0.29) is 18.8 Å². The van der Waals surface area contributed by atoms with E-state index in [1.807, 2.05) is 0 Å². The number of alkyl carbamates (subject to hydrolysis) is 1. The fraction of sp³-hybridized carbons (Fsp3) is 0.222. The summed E-state index contributed by atoms with van der Waals surface area (Å²) in [5.74, 6) is -0.398. The van der Waals surface area contributed by atoms with Crippen molar-refractivity contribution in [1.82, 2.24) is 5.32 Å². The van der Waals surface area contributed by atoms with Gasteiger partial charge in [-0.3, -0.25) is 0 Å². The summed E-state index contributed by atoms with van der Waals surface area (Å²) in [4.78, 5) is 23.2. The Hall–Kier alpha value is -3.22. The molecular weight excluding hydrogens is 326 g/mol. The molecule has 0 spiro atoms. The Balaban J connectivity index is 1.88. The van der Waals surface area contributed by atoms with Gasteiger partial charge in [0.15, 0.2) is 0 Å². The van der Waals surface area contributed by atoms with Crippen molar-refractivity contribution >= 4 is 12.1 Å². The first-order valence-electron chi connectivity index (χ1n) is 7.55. The number of carboxylic acid groups (broad SMARTS) is 1. The fourth-order valence-electron chi connectivity index (χ4n) is 2.12. The largest absolute Gasteiger partial charge is 0.508 e. The van der Waals surface area contributed by atoms with Crippen LogP contribution in [-0.4, -0.2) is 35.4 Å². The number of aromatic hydroxyl groups is 1. The SMILES string of the molecule is COc1ccc(COC(=O)N[C@@H](Cc2ccc(O)cc2)C(=O)O)cc1. The van der Waals surface area contributed by atoms with E-state index < -0.39 is 18.1 Å². The van der Waals surface area contributed by atoms with Crippen LogP contribution in [0.4, 0.5) is 4.79 Å². The minimum atomic E-state index is -1.17. The van der Waals surface area contributed by atoms with Crippen molar-refractivity contribution in [2.75, 3.05) is 7.11 Å². The van der Waals surface area contributed by atoms with E-state index in [0.717, 1.165) is 5.56 Å². The van der Waals surface area contributed by atoms with Gasteiger partial charge in [-0.2, -0.15) is 0 Å². The average molecular weight is 345 g/mol. The number of aliphatic carboxylic acids is 1. The Morgan fingerprint density at radius 3 is 2.20 bits per heavy atom. The number of carbonyl (C=O) groups is 2. The number of carbonyl (C=O) groups excluding carboxylic acids is 1. The van der Waals surface area contributed by atoms with Crippen LogP contribution in [0.25, 0.3) is 0 Å². The summed E-state index contributed by atoms with van der Waals surface area (Å²) in [5, 5.41) is 20.8. The normalized spacial score (nSPS) is 11.4. The van der Waals surface area contributed by atoms with Gasteiger partial charge in [-0.1, -0.05) is 24.3 Å². The number of ether oxygens (including phenoxy) is 2. The summed E-state index contributed by atoms with van der Waals surface area (Å²) < 4.78 is 10.1. The van der Waals surface area contributed by atoms with E-state index in [1.54, 1.807) is 43.5 Å². The van der Waals surface area contributed by atoms with E-state index in [2.05, 4.69) is 5.32 Å². The average Bonchev–Trinajstić information content (AvgIpc) is 2.61. The van der Waals surface area contributed by atoms with Crippen molar-refractivity contribution in [1.29, 1.82) is 0 Å². The molecule has 0 aliphatic carbocycles. The van der Waals surface area contributed by atoms with E-state index in [9.17, 15) is 19.8 Å². The molecule has 0 unspecified atom stereocenters. The van der Waals surface area contributed by atoms with Gasteiger partial charge in [0.05, 0.1) is 7.11 Å². The first kappa shape index (κ1) is 18.1. The first-order valence-corrected chi connectivity index (χ1v) is 7.55. The lowest BCUT2D eigenvalue weighted by Crippen LogP contribution is -2.42. The molecule has 0 heterocycles. The Bertz CT molecular complexity index is 711. The lowest BCUT2D eigenvalue weighted by Gasteiger charge is -2.15. The second kappa shape index (κ2) is 8.58. The van der Waals surface area contributed by atoms with Crippen LogP contribution in [0.2, 0.25) is 0 Å². The minimum absolute atomic E-state index is 0.0153. The van der Waals surface area contributed by atoms with Crippen LogP contribution in [0.1, 0.15) is 11.1 Å². The third kappa shape index (κ3) is 5.72. The molecule has 7 nitrogen and oxygen atoms in total. The van der Waals surface area contributed by atoms with Crippen molar-refractivity contribution in [2.45, 2.75) is 19.1 Å². The summed E-state index contributed by atoms with van der Waals surface area (Å²) >= 11 is 0. The smallest absolute Gasteiger partial charge is 0.408 e. The topological polar surface area (TPSA) is 105 Å². The van der Waals surface area contributed by atoms with Gasteiger partial charge in [0, 0.05) is 6.42 Å². The molecule has 1 amide bonds. The van der Waals surface area contributed by atoms with Crippen molar-refractivity contribution in [2.24, 2.45) is 0 Å². The zero-order chi connectivity index (χ0) is 18.2. The highest BCUT2D eigenvalue weighted by molar-refractivity contribution is 5.80. The highest BCUT2D eigenvalue weighted by Crippen LogP contribution is 2.13. The van der Waals surface area contributed by atoms with E-state index in [4.69, 9.17) is 9.47 Å². The Kier molecular flexibility index (Phi) is 6.22. The first-order chi connectivity index (χ1) is 12.0. The standard InChI is InChI=1S/C18H19NO6/c1-24-15-8-4-13(5-9-15)11-25-18(23)19-16(17(21)22)10-12-2-6-14(20)7-3-12/h2-9,16,20H,10-11H2,1H3,(H,19,23)(H,21,22)/t16-/m0/s1. The van der Waals surface area contributed by atoms with Crippen LogP contribution in [0.5, 0.6) is 11.5 Å². The Morgan fingerprint density at radius 2 is 1.64 bits per heavy atom. The van der Waals surface area contributed by atoms with E-state index in [1.165, 1.54) is 12.1 Å². The molecule has 0 aromatic heterocycles. The summed E-state index contributed by atoms with van der Waals surface area (Å²) in [7, 11) is 1.55. The molecule has 0 saturated carbocycles. The number of amides is 1. The highest BCUT2D eigenvalue weighted by Gasteiger charge is 2.21. The van der Waals surface area contributed by atoms with Crippen LogP contribution in [-0.2, 0) is 22.6 Å². The van der Waals surface area contributed by atoms with Crippen LogP contribution < -0.4 is 10.1 Å². The number of phenols is 1. The van der Waals surface area contributed by atoms with Gasteiger partial charge in [-0.15, -0.1) is 0 Å². The van der Waals surface area contributed by atoms with Crippen molar-refractivity contribution in [3.05, 3.63) is 59.7 Å². The molecule has 25 heavy (non-hydrogen) atoms. The highest BCUT2D eigenvalue weighted by atomic mass is 16.5. The lowest BCUT2D eigenvalue weighted by atomic mass is 10.1. The lowest BCUT2D eigenvalue weighted by molar-refractivity contribution is -0.139. The van der Waals surface area contributed by atoms with Crippen LogP contribution >= 0.6 is 0 Å². The third-order valence-electron chi connectivity index (χ3n) is 3.50. The zero-order valence-corrected chi connectivity index (χ0v) is 13.6. The second-order valence-corrected chi connectivity index (χ2v) is 5.33. The second-order valence-electron chi connectivity index (χ2n) is 5.33. The predicted molar refractivity (Wildman–Crippen MR) is 89.5 cm³/mol. The molecule has 0 aliphatic rings. The zero-order valence-electron chi connectivity index (χ0n) is 13.6. The van der Waals surface area contributed by atoms with Gasteiger partial charge in [0.25, 0.3) is 0 Å². The molecule has 2 rings (SSSR count). The molecule has 132 valence electrons. The molecule has 0 radical (unpaired) electrons. The maximum atomic E-state index is 11.8. The molecule has 1 atom stereocenters. The Morgan fingerprint density at radius 1 is 1.04 bits per heavy atom. The molecule has 2 aromatic rings. The van der Waals surface area contributed by atoms with Crippen LogP contribution in [0.15, 0.2) is 48.5 Å². The minimum Gasteiger partial charge on any atom is -0.508 e. The molecular formula is C18H19NO6. The van der Waals surface area contributed by atoms with E-state index >= 15 is 0 Å². The summed E-state index contributed by atoms with van der Waals surface area (Å²) in [5.41, 5.74) is 1.42. The quantitative estimate of drug-likeness (QED) is 0.711. The van der Waals surface area contributed by atoms with Gasteiger partial charge in [0.1, 0.15) is 24.1 Å². The number of hydrogen-bond acceptors (Lipinski definition) is 5. The molecule has 7 heteroatoms. The van der Waals surface area contributed by atoms with Crippen molar-refractivity contribution in [3.63, 3.8) is 0 Å². The summed E-state index contributed by atoms with van der Waals surface area (Å²) in [6.45, 7) is 0.0153. The molecule has 0 bridgehead atoms. The third-order valence-corrected chi connectivity index (χ3v) is 3.50. The number of methoxy groups -OCH3 is 1. The van der Waals surface area contributed by atoms with Gasteiger partial charge in [-0.25, -0.2) is 9.59 Å². The number of hydrogen-bond donors (Lipinski definition) is 3. The van der Waals surface area contributed by atoms with Crippen LogP contribution in [0.3, 0.4) is 0 Å². The van der Waals surface area contributed by atoms with Crippen LogP contribution in [0, 0.1) is 0 Å². The summed E-state index contributed by atoms with van der Waals surface area (Å²) in [6.07, 6.45) is -0.741. The molecule has 0 aliphatic heterocycles. The number of phenolic OH excluding ortho intramolecular Hbond substituents is 1.